The van der Waals surface area contributed by atoms with Crippen molar-refractivity contribution in [1.29, 1.82) is 0 Å². The van der Waals surface area contributed by atoms with Gasteiger partial charge in [0.15, 0.2) is 17.2 Å². The Kier molecular flexibility index (Phi) is 4.12. The monoisotopic (exact) mass is 356 g/mol. The van der Waals surface area contributed by atoms with Gasteiger partial charge in [0.2, 0.25) is 0 Å². The number of pyridine rings is 1. The molecule has 0 amide bonds. The summed E-state index contributed by atoms with van der Waals surface area (Å²) in [7, 11) is 0. The van der Waals surface area contributed by atoms with Crippen LogP contribution < -0.4 is 4.74 Å². The minimum Gasteiger partial charge on any atom is -0.478 e. The minimum atomic E-state index is -0.835. The molecule has 23 heavy (non-hydrogen) atoms. The first-order valence-electron chi connectivity index (χ1n) is 6.86. The predicted octanol–water partition coefficient (Wildman–Crippen LogP) is 4.89. The second-order valence-corrected chi connectivity index (χ2v) is 6.15. The van der Waals surface area contributed by atoms with Gasteiger partial charge in [-0.15, -0.1) is 0 Å². The predicted molar refractivity (Wildman–Crippen MR) is 83.5 cm³/mol. The molecule has 2 aromatic rings. The Morgan fingerprint density at radius 3 is 2.57 bits per heavy atom. The molecule has 5 nitrogen and oxygen atoms in total. The van der Waals surface area contributed by atoms with Crippen molar-refractivity contribution < 1.29 is 14.1 Å². The van der Waals surface area contributed by atoms with Gasteiger partial charge in [-0.05, 0) is 31.4 Å². The molecule has 1 heterocycles. The summed E-state index contributed by atoms with van der Waals surface area (Å²) >= 11 is 12.0. The van der Waals surface area contributed by atoms with Gasteiger partial charge in [-0.1, -0.05) is 23.2 Å². The number of halogens is 3. The van der Waals surface area contributed by atoms with Crippen molar-refractivity contribution in [2.75, 3.05) is 0 Å². The maximum absolute atomic E-state index is 14.1. The van der Waals surface area contributed by atoms with Crippen LogP contribution in [0.1, 0.15) is 25.0 Å². The second-order valence-electron chi connectivity index (χ2n) is 5.31. The molecule has 0 aliphatic heterocycles. The SMILES string of the molecule is O=[N+]([O-])c1ccc(OC2(c3ncc(Cl)cc3Cl)CCC2)c(F)c1. The Balaban J connectivity index is 1.95. The third-order valence-electron chi connectivity index (χ3n) is 3.83. The molecule has 0 spiro atoms. The zero-order chi connectivity index (χ0) is 16.6. The lowest BCUT2D eigenvalue weighted by Gasteiger charge is -2.41. The van der Waals surface area contributed by atoms with Gasteiger partial charge in [0.1, 0.15) is 5.69 Å². The number of non-ortho nitro benzene ring substituents is 1. The average molecular weight is 357 g/mol. The molecular weight excluding hydrogens is 346 g/mol. The molecule has 0 saturated heterocycles. The largest absolute Gasteiger partial charge is 0.478 e. The number of nitro groups is 1. The quantitative estimate of drug-likeness (QED) is 0.577. The Hall–Kier alpha value is -1.92. The number of rotatable bonds is 4. The van der Waals surface area contributed by atoms with Gasteiger partial charge < -0.3 is 4.74 Å². The van der Waals surface area contributed by atoms with E-state index in [1.165, 1.54) is 18.3 Å². The zero-order valence-electron chi connectivity index (χ0n) is 11.8. The first-order valence-corrected chi connectivity index (χ1v) is 7.61. The highest BCUT2D eigenvalue weighted by Gasteiger charge is 2.44. The highest BCUT2D eigenvalue weighted by molar-refractivity contribution is 6.34. The first-order chi connectivity index (χ1) is 10.9. The summed E-state index contributed by atoms with van der Waals surface area (Å²) in [6.45, 7) is 0. The first kappa shape index (κ1) is 16.0. The fraction of sp³-hybridized carbons (Fsp3) is 0.267. The number of hydrogen-bond donors (Lipinski definition) is 0. The summed E-state index contributed by atoms with van der Waals surface area (Å²) in [5, 5.41) is 11.4. The molecule has 1 aliphatic rings. The van der Waals surface area contributed by atoms with Crippen molar-refractivity contribution in [3.63, 3.8) is 0 Å². The van der Waals surface area contributed by atoms with E-state index in [4.69, 9.17) is 27.9 Å². The van der Waals surface area contributed by atoms with Crippen molar-refractivity contribution >= 4 is 28.9 Å². The summed E-state index contributed by atoms with van der Waals surface area (Å²) in [5.74, 6) is -0.862. The van der Waals surface area contributed by atoms with Crippen molar-refractivity contribution in [3.8, 4) is 5.75 Å². The molecule has 1 aromatic heterocycles. The highest BCUT2D eigenvalue weighted by Crippen LogP contribution is 2.47. The maximum atomic E-state index is 14.1. The zero-order valence-corrected chi connectivity index (χ0v) is 13.3. The van der Waals surface area contributed by atoms with Crippen LogP contribution in [0.4, 0.5) is 10.1 Å². The molecule has 1 fully saturated rings. The normalized spacial score (nSPS) is 15.8. The molecule has 1 aliphatic carbocycles. The Morgan fingerprint density at radius 2 is 2.04 bits per heavy atom. The van der Waals surface area contributed by atoms with Gasteiger partial charge in [-0.2, -0.15) is 0 Å². The van der Waals surface area contributed by atoms with E-state index < -0.39 is 16.3 Å². The lowest BCUT2D eigenvalue weighted by Crippen LogP contribution is -2.41. The van der Waals surface area contributed by atoms with E-state index in [0.717, 1.165) is 12.5 Å². The van der Waals surface area contributed by atoms with Gasteiger partial charge in [-0.3, -0.25) is 15.1 Å². The van der Waals surface area contributed by atoms with E-state index in [2.05, 4.69) is 4.98 Å². The number of nitro benzene ring substituents is 1. The van der Waals surface area contributed by atoms with Crippen LogP contribution in [0.3, 0.4) is 0 Å². The van der Waals surface area contributed by atoms with Gasteiger partial charge in [0, 0.05) is 12.3 Å². The van der Waals surface area contributed by atoms with E-state index in [1.54, 1.807) is 6.07 Å². The van der Waals surface area contributed by atoms with Gasteiger partial charge in [0.05, 0.1) is 21.0 Å². The number of hydrogen-bond acceptors (Lipinski definition) is 4. The smallest absolute Gasteiger partial charge is 0.272 e. The number of ether oxygens (including phenoxy) is 1. The molecule has 8 heteroatoms. The molecule has 1 saturated carbocycles. The third kappa shape index (κ3) is 2.96. The highest BCUT2D eigenvalue weighted by atomic mass is 35.5. The average Bonchev–Trinajstić information content (AvgIpc) is 2.45. The molecule has 3 rings (SSSR count). The molecule has 0 unspecified atom stereocenters. The molecule has 0 radical (unpaired) electrons. The van der Waals surface area contributed by atoms with E-state index >= 15 is 0 Å². The summed E-state index contributed by atoms with van der Waals surface area (Å²) in [4.78, 5) is 14.2. The molecule has 0 atom stereocenters. The van der Waals surface area contributed by atoms with E-state index in [0.29, 0.717) is 28.6 Å². The number of aromatic nitrogens is 1. The maximum Gasteiger partial charge on any atom is 0.272 e. The van der Waals surface area contributed by atoms with E-state index in [9.17, 15) is 14.5 Å². The fourth-order valence-electron chi connectivity index (χ4n) is 2.53. The molecular formula is C15H11Cl2FN2O3. The van der Waals surface area contributed by atoms with Crippen LogP contribution >= 0.6 is 23.2 Å². The van der Waals surface area contributed by atoms with Crippen molar-refractivity contribution in [2.24, 2.45) is 0 Å². The Labute approximate surface area is 141 Å². The topological polar surface area (TPSA) is 65.3 Å². The van der Waals surface area contributed by atoms with Crippen molar-refractivity contribution in [2.45, 2.75) is 24.9 Å². The molecule has 0 bridgehead atoms. The molecule has 120 valence electrons. The van der Waals surface area contributed by atoms with Crippen LogP contribution in [0.15, 0.2) is 30.5 Å². The summed E-state index contributed by atoms with van der Waals surface area (Å²) < 4.78 is 19.9. The third-order valence-corrected chi connectivity index (χ3v) is 4.33. The molecule has 0 N–H and O–H groups in total. The summed E-state index contributed by atoms with van der Waals surface area (Å²) in [5.41, 5.74) is -0.675. The van der Waals surface area contributed by atoms with Crippen LogP contribution in [-0.4, -0.2) is 9.91 Å². The summed E-state index contributed by atoms with van der Waals surface area (Å²) in [6, 6.07) is 4.83. The van der Waals surface area contributed by atoms with E-state index in [1.807, 2.05) is 0 Å². The van der Waals surface area contributed by atoms with Crippen LogP contribution in [-0.2, 0) is 5.60 Å². The van der Waals surface area contributed by atoms with E-state index in [-0.39, 0.29) is 11.4 Å². The van der Waals surface area contributed by atoms with Crippen molar-refractivity contribution in [1.82, 2.24) is 4.98 Å². The lowest BCUT2D eigenvalue weighted by molar-refractivity contribution is -0.385. The van der Waals surface area contributed by atoms with Gasteiger partial charge in [0.25, 0.3) is 5.69 Å². The van der Waals surface area contributed by atoms with Gasteiger partial charge >= 0.3 is 0 Å². The Morgan fingerprint density at radius 1 is 1.30 bits per heavy atom. The summed E-state index contributed by atoms with van der Waals surface area (Å²) in [6.07, 6.45) is 3.59. The van der Waals surface area contributed by atoms with Crippen LogP contribution in [0.5, 0.6) is 5.75 Å². The van der Waals surface area contributed by atoms with Gasteiger partial charge in [-0.25, -0.2) is 4.39 Å². The Bertz CT molecular complexity index is 781. The second kappa shape index (κ2) is 5.94. The number of benzene rings is 1. The minimum absolute atomic E-state index is 0.0666. The molecule has 1 aromatic carbocycles. The van der Waals surface area contributed by atoms with Crippen LogP contribution in [0.25, 0.3) is 0 Å². The standard InChI is InChI=1S/C15H11Cl2FN2O3/c16-9-6-11(17)14(19-8-9)15(4-1-5-15)23-13-3-2-10(20(21)22)7-12(13)18/h2-3,6-8H,1,4-5H2. The number of nitrogens with zero attached hydrogens (tertiary/aromatic N) is 2. The van der Waals surface area contributed by atoms with Crippen molar-refractivity contribution in [3.05, 3.63) is 62.1 Å². The fourth-order valence-corrected chi connectivity index (χ4v) is 3.08. The van der Waals surface area contributed by atoms with Crippen LogP contribution in [0.2, 0.25) is 10.0 Å². The van der Waals surface area contributed by atoms with Crippen LogP contribution in [0, 0.1) is 15.9 Å². The lowest BCUT2D eigenvalue weighted by atomic mass is 9.77.